The largest absolute Gasteiger partial charge is 0.333 e. The molecular formula is C16H17N5OS. The highest BCUT2D eigenvalue weighted by Crippen LogP contribution is 2.21. The van der Waals surface area contributed by atoms with Crippen LogP contribution in [0, 0.1) is 6.92 Å². The highest BCUT2D eigenvalue weighted by Gasteiger charge is 2.09. The van der Waals surface area contributed by atoms with Crippen LogP contribution in [0.5, 0.6) is 0 Å². The van der Waals surface area contributed by atoms with Gasteiger partial charge in [0.15, 0.2) is 5.16 Å². The molecule has 118 valence electrons. The normalized spacial score (nSPS) is 10.7. The zero-order chi connectivity index (χ0) is 16.2. The van der Waals surface area contributed by atoms with E-state index in [1.54, 1.807) is 17.9 Å². The van der Waals surface area contributed by atoms with Crippen LogP contribution < -0.4 is 5.32 Å². The predicted octanol–water partition coefficient (Wildman–Crippen LogP) is 2.85. The van der Waals surface area contributed by atoms with Crippen molar-refractivity contribution in [2.45, 2.75) is 12.1 Å². The van der Waals surface area contributed by atoms with Gasteiger partial charge in [0, 0.05) is 13.1 Å². The van der Waals surface area contributed by atoms with Gasteiger partial charge < -0.3 is 10.3 Å². The lowest BCUT2D eigenvalue weighted by atomic mass is 10.2. The van der Waals surface area contributed by atoms with Crippen molar-refractivity contribution in [3.05, 3.63) is 48.3 Å². The smallest absolute Gasteiger partial charge is 0.235 e. The number of benzene rings is 1. The number of carbonyl (C=O) groups is 1. The van der Waals surface area contributed by atoms with E-state index in [0.717, 1.165) is 22.1 Å². The second kappa shape index (κ2) is 6.70. The monoisotopic (exact) mass is 327 g/mol. The summed E-state index contributed by atoms with van der Waals surface area (Å²) in [5, 5.41) is 7.76. The number of anilines is 1. The molecule has 0 fully saturated rings. The molecule has 3 rings (SSSR count). The van der Waals surface area contributed by atoms with Gasteiger partial charge in [-0.3, -0.25) is 9.48 Å². The fraction of sp³-hybridized carbons (Fsp3) is 0.188. The first-order valence-electron chi connectivity index (χ1n) is 7.15. The molecule has 6 nitrogen and oxygen atoms in total. The molecule has 2 N–H and O–H groups in total. The lowest BCUT2D eigenvalue weighted by Crippen LogP contribution is -2.16. The molecule has 2 heterocycles. The minimum Gasteiger partial charge on any atom is -0.333 e. The maximum Gasteiger partial charge on any atom is 0.235 e. The number of nitrogens with one attached hydrogen (secondary N) is 2. The number of aromatic amines is 1. The fourth-order valence-corrected chi connectivity index (χ4v) is 2.83. The molecule has 0 aliphatic heterocycles. The summed E-state index contributed by atoms with van der Waals surface area (Å²) in [5.74, 6) is 0.888. The van der Waals surface area contributed by atoms with E-state index in [1.165, 1.54) is 11.8 Å². The van der Waals surface area contributed by atoms with Crippen molar-refractivity contribution in [3.63, 3.8) is 0 Å². The molecule has 0 saturated heterocycles. The van der Waals surface area contributed by atoms with Gasteiger partial charge in [0.25, 0.3) is 0 Å². The standard InChI is InChI=1S/C16H17N5OS/c1-11-8-14(21(2)20-11)19-15(22)10-23-16-17-9-13(18-16)12-6-4-3-5-7-12/h3-9H,10H2,1-2H3,(H,17,18)(H,19,22). The van der Waals surface area contributed by atoms with Crippen LogP contribution in [0.15, 0.2) is 47.8 Å². The molecular weight excluding hydrogens is 310 g/mol. The summed E-state index contributed by atoms with van der Waals surface area (Å²) in [7, 11) is 1.80. The van der Waals surface area contributed by atoms with Crippen molar-refractivity contribution in [3.8, 4) is 11.3 Å². The Bertz CT molecular complexity index is 809. The number of imidazole rings is 1. The Labute approximate surface area is 138 Å². The number of aromatic nitrogens is 4. The van der Waals surface area contributed by atoms with Gasteiger partial charge in [-0.25, -0.2) is 4.98 Å². The Morgan fingerprint density at radius 3 is 2.83 bits per heavy atom. The summed E-state index contributed by atoms with van der Waals surface area (Å²) in [4.78, 5) is 19.5. The number of carbonyl (C=O) groups excluding carboxylic acids is 1. The molecule has 0 radical (unpaired) electrons. The van der Waals surface area contributed by atoms with Crippen LogP contribution in [0.25, 0.3) is 11.3 Å². The Morgan fingerprint density at radius 1 is 1.35 bits per heavy atom. The van der Waals surface area contributed by atoms with Crippen LogP contribution in [-0.2, 0) is 11.8 Å². The van der Waals surface area contributed by atoms with Crippen LogP contribution in [0.2, 0.25) is 0 Å². The predicted molar refractivity (Wildman–Crippen MR) is 91.3 cm³/mol. The fourth-order valence-electron chi connectivity index (χ4n) is 2.18. The molecule has 7 heteroatoms. The Balaban J connectivity index is 1.57. The topological polar surface area (TPSA) is 75.6 Å². The Morgan fingerprint density at radius 2 is 2.13 bits per heavy atom. The van der Waals surface area contributed by atoms with Crippen molar-refractivity contribution >= 4 is 23.5 Å². The van der Waals surface area contributed by atoms with E-state index in [0.29, 0.717) is 5.82 Å². The van der Waals surface area contributed by atoms with Crippen molar-refractivity contribution in [1.29, 1.82) is 0 Å². The van der Waals surface area contributed by atoms with E-state index in [-0.39, 0.29) is 11.7 Å². The van der Waals surface area contributed by atoms with Crippen LogP contribution in [0.1, 0.15) is 5.69 Å². The molecule has 23 heavy (non-hydrogen) atoms. The maximum atomic E-state index is 12.0. The molecule has 0 atom stereocenters. The van der Waals surface area contributed by atoms with Gasteiger partial charge in [0.1, 0.15) is 5.82 Å². The average molecular weight is 327 g/mol. The molecule has 0 bridgehead atoms. The van der Waals surface area contributed by atoms with Crippen molar-refractivity contribution in [2.24, 2.45) is 7.05 Å². The Kier molecular flexibility index (Phi) is 4.47. The first-order valence-corrected chi connectivity index (χ1v) is 8.14. The number of nitrogens with zero attached hydrogens (tertiary/aromatic N) is 3. The van der Waals surface area contributed by atoms with E-state index >= 15 is 0 Å². The summed E-state index contributed by atoms with van der Waals surface area (Å²) >= 11 is 1.37. The Hall–Kier alpha value is -2.54. The van der Waals surface area contributed by atoms with E-state index < -0.39 is 0 Å². The summed E-state index contributed by atoms with van der Waals surface area (Å²) in [6.45, 7) is 1.89. The van der Waals surface area contributed by atoms with Gasteiger partial charge in [-0.2, -0.15) is 5.10 Å². The van der Waals surface area contributed by atoms with Gasteiger partial charge in [-0.05, 0) is 12.5 Å². The zero-order valence-electron chi connectivity index (χ0n) is 12.9. The summed E-state index contributed by atoms with van der Waals surface area (Å²) in [6.07, 6.45) is 1.78. The maximum absolute atomic E-state index is 12.0. The van der Waals surface area contributed by atoms with Gasteiger partial charge >= 0.3 is 0 Å². The van der Waals surface area contributed by atoms with Gasteiger partial charge in [-0.15, -0.1) is 0 Å². The number of hydrogen-bond donors (Lipinski definition) is 2. The molecule has 1 amide bonds. The van der Waals surface area contributed by atoms with Gasteiger partial charge in [0.2, 0.25) is 5.91 Å². The first-order chi connectivity index (χ1) is 11.1. The lowest BCUT2D eigenvalue weighted by Gasteiger charge is -2.03. The third kappa shape index (κ3) is 3.81. The number of hydrogen-bond acceptors (Lipinski definition) is 4. The molecule has 0 aliphatic carbocycles. The summed E-state index contributed by atoms with van der Waals surface area (Å²) in [5.41, 5.74) is 2.88. The van der Waals surface area contributed by atoms with E-state index in [2.05, 4.69) is 20.4 Å². The van der Waals surface area contributed by atoms with E-state index in [4.69, 9.17) is 0 Å². The average Bonchev–Trinajstić information content (AvgIpc) is 3.13. The van der Waals surface area contributed by atoms with Crippen molar-refractivity contribution < 1.29 is 4.79 Å². The first kappa shape index (κ1) is 15.4. The summed E-state index contributed by atoms with van der Waals surface area (Å²) in [6, 6.07) is 11.8. The number of amides is 1. The van der Waals surface area contributed by atoms with Crippen LogP contribution in [-0.4, -0.2) is 31.4 Å². The molecule has 0 aliphatic rings. The second-order valence-electron chi connectivity index (χ2n) is 5.10. The van der Waals surface area contributed by atoms with Crippen LogP contribution >= 0.6 is 11.8 Å². The molecule has 3 aromatic rings. The minimum absolute atomic E-state index is 0.0874. The molecule has 0 spiro atoms. The van der Waals surface area contributed by atoms with E-state index in [9.17, 15) is 4.79 Å². The second-order valence-corrected chi connectivity index (χ2v) is 6.06. The van der Waals surface area contributed by atoms with E-state index in [1.807, 2.05) is 43.3 Å². The number of H-pyrrole nitrogens is 1. The number of rotatable bonds is 5. The third-order valence-electron chi connectivity index (χ3n) is 3.25. The molecule has 0 saturated carbocycles. The van der Waals surface area contributed by atoms with Gasteiger partial charge in [-0.1, -0.05) is 42.1 Å². The van der Waals surface area contributed by atoms with Crippen molar-refractivity contribution in [1.82, 2.24) is 19.7 Å². The number of aryl methyl sites for hydroxylation is 2. The molecule has 2 aromatic heterocycles. The van der Waals surface area contributed by atoms with Crippen LogP contribution in [0.3, 0.4) is 0 Å². The van der Waals surface area contributed by atoms with Crippen molar-refractivity contribution in [2.75, 3.05) is 11.1 Å². The number of thioether (sulfide) groups is 1. The van der Waals surface area contributed by atoms with Gasteiger partial charge in [0.05, 0.1) is 23.3 Å². The zero-order valence-corrected chi connectivity index (χ0v) is 13.7. The molecule has 1 aromatic carbocycles. The quantitative estimate of drug-likeness (QED) is 0.707. The minimum atomic E-state index is -0.0874. The SMILES string of the molecule is Cc1cc(NC(=O)CSc2ncc(-c3ccccc3)[nH]2)n(C)n1. The highest BCUT2D eigenvalue weighted by atomic mass is 32.2. The summed E-state index contributed by atoms with van der Waals surface area (Å²) < 4.78 is 1.65. The third-order valence-corrected chi connectivity index (χ3v) is 4.13. The molecule has 0 unspecified atom stereocenters. The van der Waals surface area contributed by atoms with Crippen LogP contribution in [0.4, 0.5) is 5.82 Å². The lowest BCUT2D eigenvalue weighted by molar-refractivity contribution is -0.113. The highest BCUT2D eigenvalue weighted by molar-refractivity contribution is 7.99.